The van der Waals surface area contributed by atoms with Gasteiger partial charge in [0.25, 0.3) is 0 Å². The van der Waals surface area contributed by atoms with E-state index in [9.17, 15) is 0 Å². The van der Waals surface area contributed by atoms with Crippen molar-refractivity contribution in [3.63, 3.8) is 0 Å². The molecule has 1 heterocycles. The van der Waals surface area contributed by atoms with Gasteiger partial charge in [0.2, 0.25) is 22.4 Å². The maximum absolute atomic E-state index is 6.30. The molecule has 0 aliphatic carbocycles. The summed E-state index contributed by atoms with van der Waals surface area (Å²) in [5.41, 5.74) is 2.08. The highest BCUT2D eigenvalue weighted by atomic mass is 31.2. The van der Waals surface area contributed by atoms with E-state index >= 15 is 0 Å². The third kappa shape index (κ3) is 9.43. The summed E-state index contributed by atoms with van der Waals surface area (Å²) >= 11 is 0. The molecule has 0 amide bonds. The molecule has 0 saturated heterocycles. The normalized spacial score (nSPS) is 12.4. The van der Waals surface area contributed by atoms with Crippen LogP contribution in [0.3, 0.4) is 0 Å². The fraction of sp³-hybridized carbons (Fsp3) is 0.538. The summed E-state index contributed by atoms with van der Waals surface area (Å²) in [7, 11) is -2.01. The standard InChI is InChI=1S/C26H40N3O6P3/c1-6-18-31-29-37(32-19-7-2)27-36-28(38(29)33-20-8-3)30-21-17-26(34-24-15-11-9-13-22(24)4)35-25-16-12-10-14-23(25)5/h9-16,26H,6-8,17-21H2,1-5H3. The highest BCUT2D eigenvalue weighted by Gasteiger charge is 2.19. The Kier molecular flexibility index (Phi) is 13.7. The van der Waals surface area contributed by atoms with E-state index < -0.39 is 22.4 Å². The Hall–Kier alpha value is -1.82. The number of nitrogens with zero attached hydrogens (tertiary/aromatic N) is 3. The van der Waals surface area contributed by atoms with E-state index in [1.54, 1.807) is 8.51 Å². The van der Waals surface area contributed by atoms with Crippen LogP contribution in [0.5, 0.6) is 11.5 Å². The summed E-state index contributed by atoms with van der Waals surface area (Å²) in [6.45, 7) is 12.4. The Morgan fingerprint density at radius 1 is 0.763 bits per heavy atom. The van der Waals surface area contributed by atoms with Crippen LogP contribution in [0.25, 0.3) is 0 Å². The van der Waals surface area contributed by atoms with Crippen LogP contribution in [0.4, 0.5) is 0 Å². The Labute approximate surface area is 230 Å². The van der Waals surface area contributed by atoms with Crippen LogP contribution in [0.15, 0.2) is 48.5 Å². The van der Waals surface area contributed by atoms with Gasteiger partial charge in [-0.2, -0.15) is 4.51 Å². The smallest absolute Gasteiger partial charge is 0.243 e. The molecule has 0 bridgehead atoms. The Bertz CT molecular complexity index is 1090. The van der Waals surface area contributed by atoms with Gasteiger partial charge in [-0.1, -0.05) is 57.2 Å². The first-order valence-corrected chi connectivity index (χ1v) is 16.3. The summed E-state index contributed by atoms with van der Waals surface area (Å²) < 4.78 is 33.0. The Morgan fingerprint density at radius 3 is 1.92 bits per heavy atom. The van der Waals surface area contributed by atoms with Crippen molar-refractivity contribution in [3.05, 3.63) is 59.7 Å². The van der Waals surface area contributed by atoms with Crippen molar-refractivity contribution in [2.24, 2.45) is 0 Å². The van der Waals surface area contributed by atoms with Crippen LogP contribution in [0.1, 0.15) is 57.6 Å². The molecular formula is C26H40N3O6P3. The number of hydrogen-bond acceptors (Lipinski definition) is 7. The van der Waals surface area contributed by atoms with Gasteiger partial charge < -0.3 is 18.5 Å². The molecule has 210 valence electrons. The summed E-state index contributed by atoms with van der Waals surface area (Å²) in [5, 5.41) is 0. The second-order valence-electron chi connectivity index (χ2n) is 8.51. The van der Waals surface area contributed by atoms with E-state index in [1.807, 2.05) is 62.4 Å². The van der Waals surface area contributed by atoms with E-state index in [-0.39, 0.29) is 0 Å². The van der Waals surface area contributed by atoms with Crippen molar-refractivity contribution in [1.82, 2.24) is 13.0 Å². The number of para-hydroxylation sites is 2. The minimum Gasteiger partial charge on any atom is -0.455 e. The molecule has 2 unspecified atom stereocenters. The highest BCUT2D eigenvalue weighted by Crippen LogP contribution is 2.36. The third-order valence-corrected chi connectivity index (χ3v) is 10.00. The van der Waals surface area contributed by atoms with E-state index in [4.69, 9.17) is 28.2 Å². The molecule has 1 aromatic heterocycles. The molecule has 0 saturated carbocycles. The van der Waals surface area contributed by atoms with Crippen LogP contribution < -0.4 is 28.2 Å². The zero-order valence-electron chi connectivity index (χ0n) is 23.0. The zero-order chi connectivity index (χ0) is 27.2. The van der Waals surface area contributed by atoms with Gasteiger partial charge >= 0.3 is 0 Å². The van der Waals surface area contributed by atoms with Gasteiger partial charge in [-0.25, -0.2) is 0 Å². The van der Waals surface area contributed by atoms with E-state index in [0.29, 0.717) is 41.4 Å². The number of hydrogen-bond donors (Lipinski definition) is 0. The van der Waals surface area contributed by atoms with Gasteiger partial charge in [-0.15, -0.1) is 8.51 Å². The van der Waals surface area contributed by atoms with Gasteiger partial charge in [0.1, 0.15) is 11.5 Å². The van der Waals surface area contributed by atoms with Gasteiger partial charge in [0.15, 0.2) is 8.51 Å². The lowest BCUT2D eigenvalue weighted by Gasteiger charge is -2.23. The molecule has 0 spiro atoms. The molecule has 0 N–H and O–H groups in total. The summed E-state index contributed by atoms with van der Waals surface area (Å²) in [6.07, 6.45) is 2.60. The van der Waals surface area contributed by atoms with Gasteiger partial charge in [0.05, 0.1) is 26.4 Å². The summed E-state index contributed by atoms with van der Waals surface area (Å²) in [4.78, 5) is 12.3. The quantitative estimate of drug-likeness (QED) is 0.162. The average molecular weight is 584 g/mol. The van der Waals surface area contributed by atoms with Crippen LogP contribution in [0.2, 0.25) is 0 Å². The fourth-order valence-electron chi connectivity index (χ4n) is 3.17. The molecule has 2 aromatic carbocycles. The second kappa shape index (κ2) is 17.0. The van der Waals surface area contributed by atoms with Crippen LogP contribution in [-0.4, -0.2) is 45.7 Å². The van der Waals surface area contributed by atoms with Crippen molar-refractivity contribution < 1.29 is 28.2 Å². The lowest BCUT2D eigenvalue weighted by molar-refractivity contribution is -0.0207. The molecule has 3 rings (SSSR count). The van der Waals surface area contributed by atoms with Crippen LogP contribution in [-0.2, 0) is 0 Å². The number of rotatable bonds is 17. The summed E-state index contributed by atoms with van der Waals surface area (Å²) in [6, 6.07) is 15.8. The molecule has 3 aromatic rings. The minimum atomic E-state index is -1.37. The molecule has 0 aliphatic rings. The number of aromatic nitrogens is 3. The van der Waals surface area contributed by atoms with Crippen molar-refractivity contribution in [2.75, 3.05) is 26.4 Å². The van der Waals surface area contributed by atoms with Crippen molar-refractivity contribution in [1.29, 1.82) is 0 Å². The lowest BCUT2D eigenvalue weighted by atomic mass is 10.2. The molecule has 0 fully saturated rings. The molecule has 0 radical (unpaired) electrons. The first-order chi connectivity index (χ1) is 18.6. The first-order valence-electron chi connectivity index (χ1n) is 13.1. The van der Waals surface area contributed by atoms with E-state index in [1.165, 1.54) is 0 Å². The topological polar surface area (TPSA) is 78.1 Å². The van der Waals surface area contributed by atoms with E-state index in [2.05, 4.69) is 25.3 Å². The van der Waals surface area contributed by atoms with Crippen molar-refractivity contribution >= 4 is 24.7 Å². The lowest BCUT2D eigenvalue weighted by Crippen LogP contribution is -2.29. The molecular weight excluding hydrogens is 543 g/mol. The predicted octanol–water partition coefficient (Wildman–Crippen LogP) is 6.80. The average Bonchev–Trinajstić information content (AvgIpc) is 2.92. The van der Waals surface area contributed by atoms with Gasteiger partial charge in [-0.3, -0.25) is 9.68 Å². The summed E-state index contributed by atoms with van der Waals surface area (Å²) in [5.74, 6) is 1.56. The van der Waals surface area contributed by atoms with Crippen molar-refractivity contribution in [3.8, 4) is 11.5 Å². The molecule has 9 nitrogen and oxygen atoms in total. The maximum Gasteiger partial charge on any atom is 0.243 e. The zero-order valence-corrected chi connectivity index (χ0v) is 25.7. The molecule has 2 atom stereocenters. The Morgan fingerprint density at radius 2 is 1.34 bits per heavy atom. The largest absolute Gasteiger partial charge is 0.455 e. The molecule has 12 heteroatoms. The SMILES string of the molecule is CCCOn1p(OCCC)npn(OCCC(Oc2ccccc2C)Oc2ccccc2C)p1OCCC. The first kappa shape index (κ1) is 30.7. The number of benzene rings is 2. The maximum atomic E-state index is 6.30. The number of aryl methyl sites for hydroxylation is 2. The van der Waals surface area contributed by atoms with Crippen LogP contribution >= 0.6 is 24.7 Å². The molecule has 38 heavy (non-hydrogen) atoms. The van der Waals surface area contributed by atoms with Crippen LogP contribution in [0, 0.1) is 13.8 Å². The monoisotopic (exact) mass is 583 g/mol. The predicted molar refractivity (Wildman–Crippen MR) is 154 cm³/mol. The number of ether oxygens (including phenoxy) is 2. The Balaban J connectivity index is 1.80. The van der Waals surface area contributed by atoms with Gasteiger partial charge in [0, 0.05) is 6.42 Å². The van der Waals surface area contributed by atoms with Crippen molar-refractivity contribution in [2.45, 2.75) is 66.6 Å². The highest BCUT2D eigenvalue weighted by molar-refractivity contribution is 7.55. The van der Waals surface area contributed by atoms with E-state index in [0.717, 1.165) is 41.9 Å². The fourth-order valence-corrected chi connectivity index (χ4v) is 8.52. The second-order valence-corrected chi connectivity index (χ2v) is 13.0. The minimum absolute atomic E-state index is 0.342. The third-order valence-electron chi connectivity index (χ3n) is 5.13. The van der Waals surface area contributed by atoms with Gasteiger partial charge in [-0.05, 0) is 56.4 Å². The molecule has 0 aliphatic heterocycles.